The van der Waals surface area contributed by atoms with E-state index in [1.165, 1.54) is 0 Å². The molecule has 1 aromatic rings. The summed E-state index contributed by atoms with van der Waals surface area (Å²) in [5, 5.41) is 3.98. The van der Waals surface area contributed by atoms with Crippen molar-refractivity contribution in [2.75, 3.05) is 33.4 Å². The maximum absolute atomic E-state index is 13.4. The van der Waals surface area contributed by atoms with Crippen molar-refractivity contribution < 1.29 is 14.3 Å². The molecule has 0 aromatic heterocycles. The number of carbonyl (C=O) groups is 1. The lowest BCUT2D eigenvalue weighted by atomic mass is 9.90. The largest absolute Gasteiger partial charge is 0.477 e. The molecule has 0 radical (unpaired) electrons. The zero-order valence-electron chi connectivity index (χ0n) is 14.1. The number of carbonyl (C=O) groups excluding carboxylic acids is 1. The summed E-state index contributed by atoms with van der Waals surface area (Å²) >= 11 is 5.95. The molecule has 1 aromatic carbocycles. The number of piperidine rings is 1. The fourth-order valence-electron chi connectivity index (χ4n) is 3.65. The SMILES string of the molecule is COC[C@@H]1CCCN1C(=O)C1(Oc2ccc(Cl)cc2)CCNCC1. The predicted octanol–water partition coefficient (Wildman–Crippen LogP) is 2.48. The molecule has 1 N–H and O–H groups in total. The van der Waals surface area contributed by atoms with Crippen molar-refractivity contribution in [3.63, 3.8) is 0 Å². The molecule has 2 heterocycles. The summed E-state index contributed by atoms with van der Waals surface area (Å²) in [5.74, 6) is 0.788. The van der Waals surface area contributed by atoms with E-state index >= 15 is 0 Å². The van der Waals surface area contributed by atoms with Gasteiger partial charge in [-0.25, -0.2) is 0 Å². The van der Waals surface area contributed by atoms with E-state index in [9.17, 15) is 4.79 Å². The number of hydrogen-bond donors (Lipinski definition) is 1. The Hall–Kier alpha value is -1.30. The number of hydrogen-bond acceptors (Lipinski definition) is 4. The van der Waals surface area contributed by atoms with Crippen LogP contribution in [-0.4, -0.2) is 55.8 Å². The van der Waals surface area contributed by atoms with Gasteiger partial charge in [0.2, 0.25) is 0 Å². The number of nitrogens with one attached hydrogen (secondary N) is 1. The molecule has 0 unspecified atom stereocenters. The normalized spacial score (nSPS) is 23.2. The zero-order valence-corrected chi connectivity index (χ0v) is 14.8. The van der Waals surface area contributed by atoms with E-state index in [2.05, 4.69) is 5.32 Å². The Labute approximate surface area is 148 Å². The number of nitrogens with zero attached hydrogens (tertiary/aromatic N) is 1. The highest BCUT2D eigenvalue weighted by atomic mass is 35.5. The molecule has 0 bridgehead atoms. The lowest BCUT2D eigenvalue weighted by molar-refractivity contribution is -0.152. The molecule has 5 nitrogen and oxygen atoms in total. The van der Waals surface area contributed by atoms with E-state index in [1.54, 1.807) is 19.2 Å². The van der Waals surface area contributed by atoms with E-state index in [0.29, 0.717) is 30.2 Å². The quantitative estimate of drug-likeness (QED) is 0.884. The number of ether oxygens (including phenoxy) is 2. The van der Waals surface area contributed by atoms with E-state index in [0.717, 1.165) is 32.5 Å². The van der Waals surface area contributed by atoms with Crippen LogP contribution in [0.4, 0.5) is 0 Å². The molecule has 2 aliphatic rings. The highest BCUT2D eigenvalue weighted by Crippen LogP contribution is 2.32. The lowest BCUT2D eigenvalue weighted by Gasteiger charge is -2.40. The summed E-state index contributed by atoms with van der Waals surface area (Å²) in [6.45, 7) is 2.93. The van der Waals surface area contributed by atoms with E-state index in [4.69, 9.17) is 21.1 Å². The van der Waals surface area contributed by atoms with Crippen LogP contribution in [0.3, 0.4) is 0 Å². The molecule has 0 spiro atoms. The summed E-state index contributed by atoms with van der Waals surface area (Å²) in [4.78, 5) is 15.3. The minimum Gasteiger partial charge on any atom is -0.477 e. The number of rotatable bonds is 5. The summed E-state index contributed by atoms with van der Waals surface area (Å²) < 4.78 is 11.6. The van der Waals surface area contributed by atoms with Gasteiger partial charge in [-0.2, -0.15) is 0 Å². The molecule has 2 fully saturated rings. The molecule has 1 amide bonds. The third kappa shape index (κ3) is 3.68. The van der Waals surface area contributed by atoms with Crippen LogP contribution in [0.15, 0.2) is 24.3 Å². The predicted molar refractivity (Wildman–Crippen MR) is 93.5 cm³/mol. The van der Waals surface area contributed by atoms with Crippen LogP contribution in [0.5, 0.6) is 5.75 Å². The van der Waals surface area contributed by atoms with Crippen LogP contribution in [0.2, 0.25) is 5.02 Å². The Morgan fingerprint density at radius 3 is 2.71 bits per heavy atom. The Bertz CT molecular complexity index is 558. The first kappa shape index (κ1) is 17.5. The van der Waals surface area contributed by atoms with Crippen molar-refractivity contribution in [2.45, 2.75) is 37.3 Å². The average Bonchev–Trinajstić information content (AvgIpc) is 3.06. The molecule has 0 aliphatic carbocycles. The van der Waals surface area contributed by atoms with Crippen LogP contribution in [0.1, 0.15) is 25.7 Å². The van der Waals surface area contributed by atoms with Crippen molar-refractivity contribution >= 4 is 17.5 Å². The third-order valence-electron chi connectivity index (χ3n) is 4.92. The Morgan fingerprint density at radius 2 is 2.04 bits per heavy atom. The average molecular weight is 353 g/mol. The lowest BCUT2D eigenvalue weighted by Crippen LogP contribution is -2.59. The first-order valence-corrected chi connectivity index (χ1v) is 8.98. The number of methoxy groups -OCH3 is 1. The van der Waals surface area contributed by atoms with Crippen LogP contribution >= 0.6 is 11.6 Å². The van der Waals surface area contributed by atoms with Gasteiger partial charge in [-0.3, -0.25) is 4.79 Å². The van der Waals surface area contributed by atoms with Crippen molar-refractivity contribution in [3.8, 4) is 5.75 Å². The molecule has 2 saturated heterocycles. The van der Waals surface area contributed by atoms with Gasteiger partial charge in [0.05, 0.1) is 12.6 Å². The molecule has 0 saturated carbocycles. The van der Waals surface area contributed by atoms with Gasteiger partial charge >= 0.3 is 0 Å². The fraction of sp³-hybridized carbons (Fsp3) is 0.611. The highest BCUT2D eigenvalue weighted by Gasteiger charge is 2.47. The first-order valence-electron chi connectivity index (χ1n) is 8.60. The molecular weight excluding hydrogens is 328 g/mol. The van der Waals surface area contributed by atoms with Gasteiger partial charge in [0.15, 0.2) is 5.60 Å². The molecule has 132 valence electrons. The van der Waals surface area contributed by atoms with Crippen LogP contribution < -0.4 is 10.1 Å². The summed E-state index contributed by atoms with van der Waals surface area (Å²) in [7, 11) is 1.69. The first-order chi connectivity index (χ1) is 11.6. The Morgan fingerprint density at radius 1 is 1.33 bits per heavy atom. The van der Waals surface area contributed by atoms with E-state index < -0.39 is 5.60 Å². The number of amides is 1. The Balaban J connectivity index is 1.82. The molecule has 6 heteroatoms. The van der Waals surface area contributed by atoms with Gasteiger partial charge in [0, 0.05) is 31.5 Å². The monoisotopic (exact) mass is 352 g/mol. The highest BCUT2D eigenvalue weighted by molar-refractivity contribution is 6.30. The zero-order chi connectivity index (χ0) is 17.0. The topological polar surface area (TPSA) is 50.8 Å². The maximum Gasteiger partial charge on any atom is 0.267 e. The van der Waals surface area contributed by atoms with Crippen LogP contribution in [0.25, 0.3) is 0 Å². The maximum atomic E-state index is 13.4. The minimum absolute atomic E-state index is 0.0958. The van der Waals surface area contributed by atoms with Crippen molar-refractivity contribution in [2.24, 2.45) is 0 Å². The number of likely N-dealkylation sites (tertiary alicyclic amines) is 1. The number of halogens is 1. The second-order valence-corrected chi connectivity index (χ2v) is 6.99. The summed E-state index contributed by atoms with van der Waals surface area (Å²) in [5.41, 5.74) is -0.796. The van der Waals surface area contributed by atoms with Gasteiger partial charge < -0.3 is 19.7 Å². The van der Waals surface area contributed by atoms with Gasteiger partial charge in [-0.1, -0.05) is 11.6 Å². The summed E-state index contributed by atoms with van der Waals surface area (Å²) in [6.07, 6.45) is 3.36. The van der Waals surface area contributed by atoms with Gasteiger partial charge in [-0.15, -0.1) is 0 Å². The standard InChI is InChI=1S/C18H25ClN2O3/c1-23-13-15-3-2-12-21(15)17(22)18(8-10-20-11-9-18)24-16-6-4-14(19)5-7-16/h4-7,15,20H,2-3,8-13H2,1H3/t15-/m0/s1. The van der Waals surface area contributed by atoms with Gasteiger partial charge in [0.25, 0.3) is 5.91 Å². The van der Waals surface area contributed by atoms with Crippen molar-refractivity contribution in [3.05, 3.63) is 29.3 Å². The molecule has 1 atom stereocenters. The molecular formula is C18H25ClN2O3. The fourth-order valence-corrected chi connectivity index (χ4v) is 3.77. The third-order valence-corrected chi connectivity index (χ3v) is 5.18. The minimum atomic E-state index is -0.796. The molecule has 2 aliphatic heterocycles. The molecule has 3 rings (SSSR count). The van der Waals surface area contributed by atoms with Crippen molar-refractivity contribution in [1.29, 1.82) is 0 Å². The summed E-state index contributed by atoms with van der Waals surface area (Å²) in [6, 6.07) is 7.40. The van der Waals surface area contributed by atoms with Crippen LogP contribution in [0, 0.1) is 0 Å². The molecule has 24 heavy (non-hydrogen) atoms. The Kier molecular flexibility index (Phi) is 5.64. The van der Waals surface area contributed by atoms with E-state index in [1.807, 2.05) is 17.0 Å². The van der Waals surface area contributed by atoms with Crippen LogP contribution in [-0.2, 0) is 9.53 Å². The van der Waals surface area contributed by atoms with Gasteiger partial charge in [-0.05, 0) is 50.2 Å². The van der Waals surface area contributed by atoms with Gasteiger partial charge in [0.1, 0.15) is 5.75 Å². The van der Waals surface area contributed by atoms with E-state index in [-0.39, 0.29) is 11.9 Å². The second kappa shape index (κ2) is 7.72. The van der Waals surface area contributed by atoms with Crippen molar-refractivity contribution in [1.82, 2.24) is 10.2 Å². The number of benzene rings is 1. The second-order valence-electron chi connectivity index (χ2n) is 6.55. The smallest absolute Gasteiger partial charge is 0.267 e.